The van der Waals surface area contributed by atoms with E-state index in [1.807, 2.05) is 0 Å². The first kappa shape index (κ1) is 68.9. The number of carbonyl (C=O) groups excluding carboxylic acids is 2. The molecule has 96 heavy (non-hydrogen) atoms. The topological polar surface area (TPSA) is 395 Å². The van der Waals surface area contributed by atoms with Crippen LogP contribution in [0.2, 0.25) is 0 Å². The Labute approximate surface area is 548 Å². The summed E-state index contributed by atoms with van der Waals surface area (Å²) >= 11 is 0. The summed E-state index contributed by atoms with van der Waals surface area (Å²) in [6, 6.07) is 4.17. The number of hydrogen-bond acceptors (Lipinski definition) is 24. The molecular weight excluding hydrogens is 1250 g/mol. The highest BCUT2D eigenvalue weighted by molar-refractivity contribution is 6.22. The summed E-state index contributed by atoms with van der Waals surface area (Å²) in [4.78, 5) is 106. The lowest BCUT2D eigenvalue weighted by Gasteiger charge is -2.56. The van der Waals surface area contributed by atoms with Crippen LogP contribution in [0.1, 0.15) is 124 Å². The van der Waals surface area contributed by atoms with Crippen molar-refractivity contribution < 1.29 is 97.2 Å². The lowest BCUT2D eigenvalue weighted by atomic mass is 9.57. The molecule has 4 aliphatic carbocycles. The number of rotatable bonds is 15. The standard InChI is InChI=1S/C68H80N6O22/c1-13-67(95-39-23-35(79)57(74(9)10)27(5)91-39)52-47(46-49(55(52)72-70)59(81)30-16-15-17-31(75)41(30)60(46)82)63(85)51(66(67)93-37-21-29(87-11)20-25(3)89-37)53-64(86)45-44-48(62(84)43-33(77)19-18-32(76)42(43)61(44)83)54(71-69)50(45)65(94-38-22-34(78)56(73(7)8)26(4)90-38)68(53,14-2)96-40-24-36(88-12)58(80)28(6)92-40/h15-19,25-29,34-40,51,53,56-58,65-66,75,78-80,83-84H,13-14,20-24H2,1-12H3. The minimum Gasteiger partial charge on any atom is -0.507 e. The summed E-state index contributed by atoms with van der Waals surface area (Å²) in [5.74, 6) is -9.67. The van der Waals surface area contributed by atoms with Gasteiger partial charge in [0.05, 0.1) is 105 Å². The zero-order chi connectivity index (χ0) is 69.4. The average Bonchev–Trinajstić information content (AvgIpc) is 1.44. The number of phenolic OH excluding ortho intramolecular Hbond substituents is 3. The van der Waals surface area contributed by atoms with Crippen LogP contribution in [-0.2, 0) is 53.0 Å². The summed E-state index contributed by atoms with van der Waals surface area (Å²) in [6.07, 6.45) is -20.5. The van der Waals surface area contributed by atoms with Crippen molar-refractivity contribution in [2.24, 2.45) is 11.8 Å². The zero-order valence-electron chi connectivity index (χ0n) is 55.2. The molecule has 12 rings (SSSR count). The van der Waals surface area contributed by atoms with E-state index in [4.69, 9.17) is 47.4 Å². The maximum absolute atomic E-state index is 17.8. The molecule has 4 aliphatic heterocycles. The van der Waals surface area contributed by atoms with Crippen LogP contribution in [0.15, 0.2) is 49.5 Å². The minimum absolute atomic E-state index is 0.0639. The van der Waals surface area contributed by atoms with Gasteiger partial charge in [0.1, 0.15) is 57.4 Å². The van der Waals surface area contributed by atoms with Gasteiger partial charge < -0.3 is 98.9 Å². The van der Waals surface area contributed by atoms with Gasteiger partial charge >= 0.3 is 10.7 Å². The van der Waals surface area contributed by atoms with Crippen molar-refractivity contribution in [3.05, 3.63) is 126 Å². The molecule has 514 valence electrons. The molecule has 4 saturated heterocycles. The van der Waals surface area contributed by atoms with E-state index in [9.17, 15) is 51.3 Å². The number of methoxy groups -OCH3 is 2. The number of benzene rings is 3. The van der Waals surface area contributed by atoms with Crippen molar-refractivity contribution in [2.45, 2.75) is 202 Å². The van der Waals surface area contributed by atoms with Crippen LogP contribution in [0.4, 0.5) is 0 Å². The highest BCUT2D eigenvalue weighted by Crippen LogP contribution is 2.60. The molecule has 0 bridgehead atoms. The fraction of sp³-hybridized carbons (Fsp3) is 0.588. The molecule has 4 fully saturated rings. The number of ether oxygens (including phenoxy) is 10. The Hall–Kier alpha value is -7.02. The first-order valence-electron chi connectivity index (χ1n) is 32.4. The van der Waals surface area contributed by atoms with Crippen molar-refractivity contribution >= 4 is 43.9 Å². The molecule has 0 radical (unpaired) electrons. The molecule has 0 saturated carbocycles. The van der Waals surface area contributed by atoms with Crippen LogP contribution in [0.3, 0.4) is 0 Å². The van der Waals surface area contributed by atoms with Gasteiger partial charge in [-0.15, -0.1) is 0 Å². The van der Waals surface area contributed by atoms with Crippen LogP contribution in [0, 0.1) is 22.3 Å². The Bertz CT molecular complexity index is 4550. The maximum atomic E-state index is 17.8. The van der Waals surface area contributed by atoms with Gasteiger partial charge in [-0.05, 0) is 93.3 Å². The second kappa shape index (κ2) is 25.7. The van der Waals surface area contributed by atoms with Crippen LogP contribution < -0.4 is 32.4 Å². The predicted octanol–water partition coefficient (Wildman–Crippen LogP) is 1.90. The smallest absolute Gasteiger partial charge is 0.334 e. The summed E-state index contributed by atoms with van der Waals surface area (Å²) < 4.78 is 68.0. The first-order valence-corrected chi connectivity index (χ1v) is 32.4. The molecule has 21 unspecified atom stereocenters. The van der Waals surface area contributed by atoms with Gasteiger partial charge in [-0.3, -0.25) is 28.8 Å². The SMILES string of the molecule is CCC1(OC2CC(O)C(N(C)C)C(C)O2)c2c(c3c(=O)c4c(O)cccc4c(=O)c=3c2=[N+]=[N-])C(=O)C(C2C(=O)c3c(c(=[N+]=[N-])c4c(O)c5c(=O)ccc(=O)c5c(O)c34)C(OC3CC(O)C(N(C)C)C(C)O3)C2(CC)OC2CC(OC)C(O)C(C)O2)C1OC1CC(OC)CC(C)O1. The molecular formula is C68H80N6O22. The molecule has 4 aromatic rings. The average molecular weight is 1330 g/mol. The molecule has 0 spiro atoms. The Balaban J connectivity index is 1.26. The number of aromatic hydroxyl groups is 3. The molecule has 4 heterocycles. The number of aliphatic hydroxyl groups is 3. The monoisotopic (exact) mass is 1330 g/mol. The van der Waals surface area contributed by atoms with E-state index in [-0.39, 0.29) is 31.1 Å². The second-order valence-electron chi connectivity index (χ2n) is 26.9. The Morgan fingerprint density at radius 1 is 0.604 bits per heavy atom. The molecule has 4 aromatic carbocycles. The van der Waals surface area contributed by atoms with Crippen molar-refractivity contribution in [3.8, 4) is 17.2 Å². The second-order valence-corrected chi connectivity index (χ2v) is 26.9. The third-order valence-corrected chi connectivity index (χ3v) is 21.2. The van der Waals surface area contributed by atoms with Gasteiger partial charge in [-0.1, -0.05) is 26.0 Å². The van der Waals surface area contributed by atoms with E-state index >= 15 is 19.2 Å². The van der Waals surface area contributed by atoms with E-state index in [2.05, 4.69) is 9.58 Å². The van der Waals surface area contributed by atoms with Crippen molar-refractivity contribution in [1.82, 2.24) is 9.80 Å². The van der Waals surface area contributed by atoms with Crippen LogP contribution in [0.25, 0.3) is 43.4 Å². The number of carbonyl (C=O) groups is 2. The van der Waals surface area contributed by atoms with Crippen LogP contribution in [0.5, 0.6) is 17.2 Å². The van der Waals surface area contributed by atoms with E-state index < -0.39 is 261 Å². The van der Waals surface area contributed by atoms with Crippen molar-refractivity contribution in [2.75, 3.05) is 42.4 Å². The highest BCUT2D eigenvalue weighted by atomic mass is 16.7. The van der Waals surface area contributed by atoms with E-state index in [1.165, 1.54) is 33.3 Å². The maximum Gasteiger partial charge on any atom is 0.334 e. The van der Waals surface area contributed by atoms with Gasteiger partial charge in [0.15, 0.2) is 53.0 Å². The van der Waals surface area contributed by atoms with E-state index in [0.717, 1.165) is 18.2 Å². The third-order valence-electron chi connectivity index (χ3n) is 21.2. The number of fused-ring (bicyclic) bond motifs is 7. The number of hydrogen-bond donors (Lipinski definition) is 6. The molecule has 8 aliphatic rings. The van der Waals surface area contributed by atoms with Gasteiger partial charge in [0.25, 0.3) is 0 Å². The highest BCUT2D eigenvalue weighted by Gasteiger charge is 2.70. The summed E-state index contributed by atoms with van der Waals surface area (Å²) in [7, 11) is 9.76. The van der Waals surface area contributed by atoms with Gasteiger partial charge in [0, 0.05) is 61.8 Å². The number of aliphatic hydroxyl groups excluding tert-OH is 3. The molecule has 28 nitrogen and oxygen atoms in total. The fourth-order valence-corrected chi connectivity index (χ4v) is 17.1. The van der Waals surface area contributed by atoms with E-state index in [0.29, 0.717) is 6.42 Å². The van der Waals surface area contributed by atoms with E-state index in [1.54, 1.807) is 72.6 Å². The number of nitrogens with zero attached hydrogens (tertiary/aromatic N) is 6. The lowest BCUT2D eigenvalue weighted by Crippen LogP contribution is -2.67. The van der Waals surface area contributed by atoms with Crippen molar-refractivity contribution in [1.29, 1.82) is 0 Å². The molecule has 0 aromatic heterocycles. The molecule has 0 amide bonds. The molecule has 6 N–H and O–H groups in total. The number of phenols is 3. The Morgan fingerprint density at radius 3 is 1.76 bits per heavy atom. The van der Waals surface area contributed by atoms with Gasteiger partial charge in [0.2, 0.25) is 5.43 Å². The minimum atomic E-state index is -2.59. The summed E-state index contributed by atoms with van der Waals surface area (Å²) in [6.45, 7) is 9.78. The molecule has 28 heteroatoms. The van der Waals surface area contributed by atoms with Crippen molar-refractivity contribution in [3.63, 3.8) is 0 Å². The Kier molecular flexibility index (Phi) is 18.4. The normalized spacial score (nSPS) is 35.1. The number of likely N-dealkylation sites (N-methyl/N-ethyl adjacent to an activating group) is 2. The fourth-order valence-electron chi connectivity index (χ4n) is 17.1. The van der Waals surface area contributed by atoms with Crippen LogP contribution >= 0.6 is 0 Å². The van der Waals surface area contributed by atoms with Gasteiger partial charge in [-0.25, -0.2) is 0 Å². The lowest BCUT2D eigenvalue weighted by molar-refractivity contribution is -0.346. The summed E-state index contributed by atoms with van der Waals surface area (Å²) in [5, 5.41) is 66.5. The zero-order valence-corrected chi connectivity index (χ0v) is 55.2. The third kappa shape index (κ3) is 10.5. The number of ketones is 2. The summed E-state index contributed by atoms with van der Waals surface area (Å²) in [5.41, 5.74) is 12.0. The van der Waals surface area contributed by atoms with Crippen LogP contribution in [-0.4, -0.2) is 208 Å². The molecule has 21 atom stereocenters. The largest absolute Gasteiger partial charge is 0.507 e. The predicted molar refractivity (Wildman–Crippen MR) is 336 cm³/mol. The van der Waals surface area contributed by atoms with Gasteiger partial charge in [-0.2, -0.15) is 9.58 Å². The quantitative estimate of drug-likeness (QED) is 0.0486. The number of Topliss-reactive ketones (excluding diaryl/α,β-unsaturated/α-hetero) is 2. The first-order chi connectivity index (χ1) is 45.6. The Morgan fingerprint density at radius 2 is 1.19 bits per heavy atom.